The van der Waals surface area contributed by atoms with E-state index in [9.17, 15) is 68.4 Å². The van der Waals surface area contributed by atoms with Crippen molar-refractivity contribution in [3.8, 4) is 11.5 Å². The van der Waals surface area contributed by atoms with Crippen molar-refractivity contribution in [2.75, 3.05) is 13.1 Å². The summed E-state index contributed by atoms with van der Waals surface area (Å²) in [6.07, 6.45) is -0.979. The number of carbonyl (C=O) groups excluding carboxylic acids is 8. The summed E-state index contributed by atoms with van der Waals surface area (Å²) in [4.78, 5) is 134. The van der Waals surface area contributed by atoms with Gasteiger partial charge >= 0.3 is 11.9 Å². The highest BCUT2D eigenvalue weighted by molar-refractivity contribution is 5.99. The number of hydrogen-bond acceptors (Lipinski definition) is 13. The van der Waals surface area contributed by atoms with Gasteiger partial charge in [-0.25, -0.2) is 4.79 Å². The van der Waals surface area contributed by atoms with Crippen LogP contribution < -0.4 is 48.7 Å². The number of aromatic nitrogens is 1. The van der Waals surface area contributed by atoms with Crippen LogP contribution in [0.5, 0.6) is 11.5 Å². The first-order valence-corrected chi connectivity index (χ1v) is 22.9. The number of fused-ring (bicyclic) bond motifs is 1. The van der Waals surface area contributed by atoms with Gasteiger partial charge in [-0.1, -0.05) is 72.8 Å². The average molecular weight is 1020 g/mol. The predicted molar refractivity (Wildman–Crippen MR) is 263 cm³/mol. The van der Waals surface area contributed by atoms with Crippen molar-refractivity contribution < 1.29 is 68.4 Å². The van der Waals surface area contributed by atoms with Crippen molar-refractivity contribution in [2.24, 2.45) is 11.5 Å². The number of benzene rings is 4. The third-order valence-corrected chi connectivity index (χ3v) is 11.3. The molecule has 0 fully saturated rings. The van der Waals surface area contributed by atoms with Gasteiger partial charge in [0.1, 0.15) is 47.8 Å². The second kappa shape index (κ2) is 26.8. The van der Waals surface area contributed by atoms with Gasteiger partial charge in [0.25, 0.3) is 0 Å². The van der Waals surface area contributed by atoms with Gasteiger partial charge in [-0.15, -0.1) is 0 Å². The molecule has 5 rings (SSSR count). The minimum absolute atomic E-state index is 0.0883. The first kappa shape index (κ1) is 55.6. The number of amides is 8. The molecule has 0 saturated carbocycles. The van der Waals surface area contributed by atoms with E-state index in [-0.39, 0.29) is 37.2 Å². The molecule has 24 heteroatoms. The highest BCUT2D eigenvalue weighted by Gasteiger charge is 2.34. The van der Waals surface area contributed by atoms with E-state index in [1.807, 2.05) is 0 Å². The van der Waals surface area contributed by atoms with Gasteiger partial charge in [-0.2, -0.15) is 0 Å². The summed E-state index contributed by atoms with van der Waals surface area (Å²) >= 11 is 0. The molecule has 4 aromatic carbocycles. The molecule has 0 aliphatic carbocycles. The molecule has 74 heavy (non-hydrogen) atoms. The zero-order chi connectivity index (χ0) is 53.9. The largest absolute Gasteiger partial charge is 0.508 e. The second-order valence-corrected chi connectivity index (χ2v) is 17.0. The summed E-state index contributed by atoms with van der Waals surface area (Å²) in [5.74, 6) is -11.2. The Kier molecular flexibility index (Phi) is 20.1. The summed E-state index contributed by atoms with van der Waals surface area (Å²) in [6.45, 7) is -1.47. The maximum absolute atomic E-state index is 14.7. The Balaban J connectivity index is 1.44. The minimum atomic E-state index is -1.79. The summed E-state index contributed by atoms with van der Waals surface area (Å²) in [7, 11) is 0. The number of phenols is 2. The van der Waals surface area contributed by atoms with Crippen molar-refractivity contribution in [3.63, 3.8) is 0 Å². The molecule has 1 aromatic heterocycles. The number of carboxylic acid groups (broad SMARTS) is 2. The Bertz CT molecular complexity index is 2820. The lowest BCUT2D eigenvalue weighted by Crippen LogP contribution is -2.60. The maximum atomic E-state index is 14.7. The zero-order valence-corrected chi connectivity index (χ0v) is 39.5. The topological polar surface area (TPSA) is 404 Å². The van der Waals surface area contributed by atoms with E-state index < -0.39 is 121 Å². The number of aliphatic carboxylic acids is 2. The van der Waals surface area contributed by atoms with Crippen LogP contribution in [-0.2, 0) is 73.6 Å². The van der Waals surface area contributed by atoms with Crippen molar-refractivity contribution in [3.05, 3.63) is 132 Å². The Morgan fingerprint density at radius 1 is 0.486 bits per heavy atom. The molecule has 16 N–H and O–H groups in total. The molecule has 24 nitrogen and oxygen atoms in total. The summed E-state index contributed by atoms with van der Waals surface area (Å²) in [5.41, 5.74) is 13.3. The SMILES string of the molecule is NCC(=O)N[C@@H](CC(=O)O)C(=O)NCC(=O)N[C@@H](CC(N)=O)C(=O)N[C@@H](Cc1ccc(O)cc1)C(=O)N[C@@H](Cc1c[nH]c2ccccc12)C(=O)N[C@@H](Cc1ccc(O)cc1)C(=O)N[C@@H](Cc1ccccc1)C(=O)O. The molecule has 0 aliphatic heterocycles. The number of primary amides is 1. The standard InChI is InChI=1S/C50H56N10O14/c51-24-42(64)55-39(23-44(66)67)45(68)54-26-43(65)56-38(22-41(52)63)49(72)58-35(18-28-10-14-31(61)15-11-28)46(69)59-37(21-30-25-53-34-9-5-4-8-33(30)34)48(71)57-36(19-29-12-16-32(62)17-13-29)47(70)60-40(50(73)74)20-27-6-2-1-3-7-27/h1-17,25,35-40,53,61-62H,18-24,26,51H2,(H2,52,63)(H,54,68)(H,55,64)(H,56,65)(H,57,71)(H,58,72)(H,59,69)(H,60,70)(H,66,67)(H,73,74)/t35-,36-,37-,38-,39-,40-/m0/s1. The van der Waals surface area contributed by atoms with Crippen LogP contribution >= 0.6 is 0 Å². The van der Waals surface area contributed by atoms with Gasteiger partial charge in [-0.05, 0) is 52.6 Å². The summed E-state index contributed by atoms with van der Waals surface area (Å²) in [6, 6.07) is 17.2. The molecule has 0 bridgehead atoms. The molecule has 0 radical (unpaired) electrons. The molecule has 390 valence electrons. The number of rotatable bonds is 27. The van der Waals surface area contributed by atoms with Crippen LogP contribution in [0.1, 0.15) is 35.1 Å². The van der Waals surface area contributed by atoms with Crippen molar-refractivity contribution >= 4 is 70.1 Å². The average Bonchev–Trinajstić information content (AvgIpc) is 3.77. The highest BCUT2D eigenvalue weighted by Crippen LogP contribution is 2.20. The van der Waals surface area contributed by atoms with Crippen molar-refractivity contribution in [2.45, 2.75) is 74.8 Å². The molecule has 0 spiro atoms. The first-order valence-electron chi connectivity index (χ1n) is 22.9. The fourth-order valence-electron chi connectivity index (χ4n) is 7.61. The Morgan fingerprint density at radius 2 is 0.932 bits per heavy atom. The molecular formula is C50H56N10O14. The van der Waals surface area contributed by atoms with E-state index in [4.69, 9.17) is 11.5 Å². The van der Waals surface area contributed by atoms with Gasteiger partial charge in [0.2, 0.25) is 47.3 Å². The third-order valence-electron chi connectivity index (χ3n) is 11.3. The lowest BCUT2D eigenvalue weighted by Gasteiger charge is -2.27. The number of aromatic hydroxyl groups is 2. The number of carboxylic acids is 2. The molecule has 5 aromatic rings. The Morgan fingerprint density at radius 3 is 1.45 bits per heavy atom. The molecule has 8 amide bonds. The van der Waals surface area contributed by atoms with Crippen LogP contribution in [0.3, 0.4) is 0 Å². The lowest BCUT2D eigenvalue weighted by molar-refractivity contribution is -0.142. The third kappa shape index (κ3) is 17.2. The van der Waals surface area contributed by atoms with Gasteiger partial charge in [0.15, 0.2) is 0 Å². The number of carbonyl (C=O) groups is 10. The number of para-hydroxylation sites is 1. The number of H-pyrrole nitrogens is 1. The minimum Gasteiger partial charge on any atom is -0.508 e. The van der Waals surface area contributed by atoms with E-state index in [0.717, 1.165) is 0 Å². The Labute approximate surface area is 422 Å². The van der Waals surface area contributed by atoms with Gasteiger partial charge in [-0.3, -0.25) is 43.2 Å². The van der Waals surface area contributed by atoms with Crippen LogP contribution in [0.2, 0.25) is 0 Å². The van der Waals surface area contributed by atoms with E-state index in [2.05, 4.69) is 42.2 Å². The number of aromatic amines is 1. The maximum Gasteiger partial charge on any atom is 0.326 e. The number of nitrogens with two attached hydrogens (primary N) is 2. The lowest BCUT2D eigenvalue weighted by atomic mass is 10.00. The summed E-state index contributed by atoms with van der Waals surface area (Å²) < 4.78 is 0. The fourth-order valence-corrected chi connectivity index (χ4v) is 7.61. The monoisotopic (exact) mass is 1020 g/mol. The van der Waals surface area contributed by atoms with Crippen LogP contribution in [0, 0.1) is 0 Å². The smallest absolute Gasteiger partial charge is 0.326 e. The molecule has 0 unspecified atom stereocenters. The predicted octanol–water partition coefficient (Wildman–Crippen LogP) is -1.73. The first-order chi connectivity index (χ1) is 35.3. The van der Waals surface area contributed by atoms with Crippen molar-refractivity contribution in [1.29, 1.82) is 0 Å². The highest BCUT2D eigenvalue weighted by atomic mass is 16.4. The fraction of sp³-hybridized carbons (Fsp3) is 0.280. The van der Waals surface area contributed by atoms with Crippen LogP contribution in [0.4, 0.5) is 0 Å². The second-order valence-electron chi connectivity index (χ2n) is 17.0. The molecule has 0 saturated heterocycles. The quantitative estimate of drug-likeness (QED) is 0.0278. The Hall–Kier alpha value is -9.32. The molecular weight excluding hydrogens is 965 g/mol. The van der Waals surface area contributed by atoms with E-state index >= 15 is 0 Å². The van der Waals surface area contributed by atoms with Crippen LogP contribution in [0.25, 0.3) is 10.9 Å². The number of hydrogen-bond donors (Lipinski definition) is 14. The summed E-state index contributed by atoms with van der Waals surface area (Å²) in [5, 5.41) is 56.8. The van der Waals surface area contributed by atoms with E-state index in [0.29, 0.717) is 33.2 Å². The molecule has 1 heterocycles. The molecule has 0 aliphatic rings. The number of nitrogens with one attached hydrogen (secondary N) is 8. The molecule has 6 atom stereocenters. The van der Waals surface area contributed by atoms with Gasteiger partial charge in [0, 0.05) is 42.8 Å². The van der Waals surface area contributed by atoms with Crippen molar-refractivity contribution in [1.82, 2.24) is 42.2 Å². The number of phenolic OH excluding ortho intramolecular Hbond substituents is 2. The van der Waals surface area contributed by atoms with Crippen LogP contribution in [0.15, 0.2) is 109 Å². The van der Waals surface area contributed by atoms with E-state index in [1.165, 1.54) is 48.5 Å². The van der Waals surface area contributed by atoms with Gasteiger partial charge < -0.3 is 74.1 Å². The zero-order valence-electron chi connectivity index (χ0n) is 39.5. The van der Waals surface area contributed by atoms with Crippen LogP contribution in [-0.4, -0.2) is 134 Å². The van der Waals surface area contributed by atoms with E-state index in [1.54, 1.807) is 60.8 Å². The van der Waals surface area contributed by atoms with Gasteiger partial charge in [0.05, 0.1) is 25.9 Å². The normalized spacial score (nSPS) is 13.3.